The predicted octanol–water partition coefficient (Wildman–Crippen LogP) is 1.41. The van der Waals surface area contributed by atoms with Crippen LogP contribution in [0.25, 0.3) is 0 Å². The Bertz CT molecular complexity index is 170. The van der Waals surface area contributed by atoms with Crippen molar-refractivity contribution in [3.8, 4) is 11.2 Å². The molecule has 0 fully saturated rings. The molecule has 0 aliphatic heterocycles. The third kappa shape index (κ3) is 7.87. The zero-order chi connectivity index (χ0) is 7.49. The lowest BCUT2D eigenvalue weighted by Gasteiger charge is -2.14. The van der Waals surface area contributed by atoms with Crippen LogP contribution < -0.4 is 0 Å². The Morgan fingerprint density at radius 2 is 1.89 bits per heavy atom. The van der Waals surface area contributed by atoms with Gasteiger partial charge < -0.3 is 0 Å². The van der Waals surface area contributed by atoms with Crippen LogP contribution in [0.5, 0.6) is 0 Å². The Morgan fingerprint density at radius 3 is 2.00 bits per heavy atom. The summed E-state index contributed by atoms with van der Waals surface area (Å²) in [6, 6.07) is 0. The van der Waals surface area contributed by atoms with Crippen LogP contribution in [0.2, 0.25) is 0 Å². The van der Waals surface area contributed by atoms with Crippen molar-refractivity contribution >= 4 is 26.9 Å². The lowest BCUT2D eigenvalue weighted by molar-refractivity contribution is -0.106. The molecular formula is C6H9ClOS. The minimum Gasteiger partial charge on any atom is -0.266 e. The number of carbonyl (C=O) groups excluding carboxylic acids is 1. The maximum Gasteiger partial charge on any atom is 0.296 e. The second kappa shape index (κ2) is 3.14. The van der Waals surface area contributed by atoms with Crippen LogP contribution in [0.15, 0.2) is 0 Å². The number of hydrogen-bond acceptors (Lipinski definition) is 1. The van der Waals surface area contributed by atoms with Crippen molar-refractivity contribution < 1.29 is 4.79 Å². The van der Waals surface area contributed by atoms with E-state index in [2.05, 4.69) is 11.2 Å². The fourth-order valence-corrected chi connectivity index (χ4v) is 0.695. The van der Waals surface area contributed by atoms with Crippen molar-refractivity contribution in [2.45, 2.75) is 0 Å². The van der Waals surface area contributed by atoms with Gasteiger partial charge in [0.25, 0.3) is 5.24 Å². The average Bonchev–Trinajstić information content (AvgIpc) is 1.59. The molecule has 0 rings (SSSR count). The number of halogens is 1. The molecule has 0 atom stereocenters. The van der Waals surface area contributed by atoms with Crippen molar-refractivity contribution in [1.29, 1.82) is 0 Å². The average molecular weight is 165 g/mol. The minimum atomic E-state index is -0.886. The fourth-order valence-electron chi connectivity index (χ4n) is 0.193. The van der Waals surface area contributed by atoms with Gasteiger partial charge in [-0.25, -0.2) is 0 Å². The molecule has 0 spiro atoms. The van der Waals surface area contributed by atoms with Crippen molar-refractivity contribution in [2.24, 2.45) is 0 Å². The van der Waals surface area contributed by atoms with Crippen molar-refractivity contribution in [3.63, 3.8) is 0 Å². The molecule has 0 aromatic rings. The Balaban J connectivity index is 4.04. The van der Waals surface area contributed by atoms with E-state index < -0.39 is 15.3 Å². The molecular weight excluding hydrogens is 156 g/mol. The molecule has 0 N–H and O–H groups in total. The first-order valence-corrected chi connectivity index (χ1v) is 5.56. The van der Waals surface area contributed by atoms with Gasteiger partial charge >= 0.3 is 0 Å². The van der Waals surface area contributed by atoms with E-state index in [9.17, 15) is 4.79 Å². The molecule has 0 radical (unpaired) electrons. The topological polar surface area (TPSA) is 17.1 Å². The maximum absolute atomic E-state index is 10.1. The van der Waals surface area contributed by atoms with Crippen molar-refractivity contribution in [1.82, 2.24) is 0 Å². The lowest BCUT2D eigenvalue weighted by Crippen LogP contribution is -1.86. The summed E-state index contributed by atoms with van der Waals surface area (Å²) in [7, 11) is -0.886. The maximum atomic E-state index is 10.1. The van der Waals surface area contributed by atoms with Crippen LogP contribution in [-0.2, 0) is 4.79 Å². The number of carbonyl (C=O) groups is 1. The summed E-state index contributed by atoms with van der Waals surface area (Å²) < 4.78 is 0. The Morgan fingerprint density at radius 1 is 1.44 bits per heavy atom. The summed E-state index contributed by atoms with van der Waals surface area (Å²) in [4.78, 5) is 10.1. The highest BCUT2D eigenvalue weighted by Gasteiger charge is 1.96. The van der Waals surface area contributed by atoms with Crippen LogP contribution in [-0.4, -0.2) is 24.0 Å². The van der Waals surface area contributed by atoms with Crippen LogP contribution >= 0.6 is 21.6 Å². The van der Waals surface area contributed by atoms with Gasteiger partial charge in [-0.3, -0.25) is 4.79 Å². The van der Waals surface area contributed by atoms with Gasteiger partial charge in [0, 0.05) is 0 Å². The first-order chi connectivity index (χ1) is 3.92. The Kier molecular flexibility index (Phi) is 3.10. The zero-order valence-electron chi connectivity index (χ0n) is 5.69. The molecule has 0 unspecified atom stereocenters. The molecule has 52 valence electrons. The summed E-state index contributed by atoms with van der Waals surface area (Å²) in [5.74, 6) is 2.30. The molecule has 0 bridgehead atoms. The third-order valence-corrected chi connectivity index (χ3v) is 1.26. The van der Waals surface area contributed by atoms with E-state index in [1.807, 2.05) is 18.8 Å². The van der Waals surface area contributed by atoms with Crippen LogP contribution in [0.4, 0.5) is 0 Å². The normalized spacial score (nSPS) is 11.6. The molecule has 0 aliphatic carbocycles. The highest BCUT2D eigenvalue weighted by Crippen LogP contribution is 2.31. The van der Waals surface area contributed by atoms with E-state index >= 15 is 0 Å². The van der Waals surface area contributed by atoms with E-state index in [0.717, 1.165) is 0 Å². The second-order valence-electron chi connectivity index (χ2n) is 2.34. The SMILES string of the molecule is CS(C)(C)C#CC(=O)Cl. The third-order valence-electron chi connectivity index (χ3n) is 0.455. The molecule has 1 nitrogen and oxygen atoms in total. The molecule has 0 aliphatic rings. The standard InChI is InChI=1S/C6H9ClOS/c1-9(2,3)5-4-6(7)8/h1-3H3. The largest absolute Gasteiger partial charge is 0.296 e. The molecule has 3 heteroatoms. The highest BCUT2D eigenvalue weighted by atomic mass is 35.5. The van der Waals surface area contributed by atoms with Crippen LogP contribution in [0.3, 0.4) is 0 Å². The summed E-state index contributed by atoms with van der Waals surface area (Å²) in [6.45, 7) is 0. The highest BCUT2D eigenvalue weighted by molar-refractivity contribution is 8.36. The van der Waals surface area contributed by atoms with Gasteiger partial charge in [0.05, 0.1) is 0 Å². The molecule has 9 heavy (non-hydrogen) atoms. The van der Waals surface area contributed by atoms with Crippen molar-refractivity contribution in [3.05, 3.63) is 0 Å². The van der Waals surface area contributed by atoms with E-state index in [1.54, 1.807) is 0 Å². The molecule has 0 aromatic heterocycles. The van der Waals surface area contributed by atoms with E-state index in [0.29, 0.717) is 0 Å². The minimum absolute atomic E-state index is 0.572. The summed E-state index contributed by atoms with van der Waals surface area (Å²) in [5, 5.41) is 2.20. The van der Waals surface area contributed by atoms with E-state index in [1.165, 1.54) is 0 Å². The van der Waals surface area contributed by atoms with Gasteiger partial charge in [0.2, 0.25) is 0 Å². The van der Waals surface area contributed by atoms with Crippen LogP contribution in [0, 0.1) is 11.2 Å². The van der Waals surface area contributed by atoms with Gasteiger partial charge in [0.1, 0.15) is 0 Å². The zero-order valence-corrected chi connectivity index (χ0v) is 7.27. The lowest BCUT2D eigenvalue weighted by atomic mass is 10.8. The van der Waals surface area contributed by atoms with Crippen molar-refractivity contribution in [2.75, 3.05) is 18.8 Å². The quantitative estimate of drug-likeness (QED) is 0.391. The molecule has 0 heterocycles. The van der Waals surface area contributed by atoms with E-state index in [4.69, 9.17) is 11.6 Å². The predicted molar refractivity (Wildman–Crippen MR) is 44.0 cm³/mol. The van der Waals surface area contributed by atoms with Gasteiger partial charge in [-0.05, 0) is 41.5 Å². The van der Waals surface area contributed by atoms with Gasteiger partial charge in [-0.1, -0.05) is 0 Å². The summed E-state index contributed by atoms with van der Waals surface area (Å²) >= 11 is 4.98. The number of hydrogen-bond donors (Lipinski definition) is 0. The monoisotopic (exact) mass is 164 g/mol. The first kappa shape index (κ1) is 8.87. The smallest absolute Gasteiger partial charge is 0.266 e. The molecule has 0 saturated heterocycles. The number of rotatable bonds is 0. The Hall–Kier alpha value is -0.130. The molecule has 0 aromatic carbocycles. The first-order valence-electron chi connectivity index (χ1n) is 2.32. The molecule has 0 saturated carbocycles. The summed E-state index contributed by atoms with van der Waals surface area (Å²) in [5.41, 5.74) is 0. The molecule has 0 amide bonds. The van der Waals surface area contributed by atoms with E-state index in [-0.39, 0.29) is 0 Å². The Labute approximate surface area is 62.1 Å². The summed E-state index contributed by atoms with van der Waals surface area (Å²) in [6.07, 6.45) is 6.00. The second-order valence-corrected chi connectivity index (χ2v) is 6.56. The van der Waals surface area contributed by atoms with Gasteiger partial charge in [-0.2, -0.15) is 10.0 Å². The van der Waals surface area contributed by atoms with Gasteiger partial charge in [-0.15, -0.1) is 0 Å². The van der Waals surface area contributed by atoms with Gasteiger partial charge in [0.15, 0.2) is 0 Å². The van der Waals surface area contributed by atoms with Crippen LogP contribution in [0.1, 0.15) is 0 Å². The fraction of sp³-hybridized carbons (Fsp3) is 0.500.